The Bertz CT molecular complexity index is 3900. The summed E-state index contributed by atoms with van der Waals surface area (Å²) in [6, 6.07) is 58.4. The van der Waals surface area contributed by atoms with E-state index in [9.17, 15) is 0 Å². The molecule has 2 unspecified atom stereocenters. The van der Waals surface area contributed by atoms with Crippen LogP contribution in [0.4, 0.5) is 45.5 Å². The van der Waals surface area contributed by atoms with Gasteiger partial charge in [-0.15, -0.1) is 11.3 Å². The number of benzene rings is 8. The van der Waals surface area contributed by atoms with Gasteiger partial charge in [-0.05, 0) is 137 Å². The first-order chi connectivity index (χ1) is 34.1. The number of rotatable bonds is 3. The van der Waals surface area contributed by atoms with Gasteiger partial charge in [-0.25, -0.2) is 0 Å². The van der Waals surface area contributed by atoms with Gasteiger partial charge in [0, 0.05) is 65.8 Å². The molecule has 1 aliphatic carbocycles. The standard InChI is InChI=1S/C65H60BN3OS/c1-39-34-55-59-56(35-39)68(52-23-17-21-46-44-19-11-13-25-58(44)71-61(46)52)54-38-42(69-50-31-27-40(62(2,3)4)36-47(50)64(8)32-14-15-33-65(64,69)9)28-30-49(54)66(59)48-29-26-41(63(5,6)7)37-53(48)67(55)51-22-16-20-45-43-18-10-12-24-57(43)70-60(45)51/h10-13,16-31,34-38H,14-15,32-33H2,1-9H3. The van der Waals surface area contributed by atoms with Crippen LogP contribution in [0.5, 0.6) is 0 Å². The van der Waals surface area contributed by atoms with Crippen LogP contribution in [0.1, 0.15) is 103 Å². The minimum Gasteiger partial charge on any atom is -0.454 e. The van der Waals surface area contributed by atoms with E-state index in [0.717, 1.165) is 34.0 Å². The molecule has 71 heavy (non-hydrogen) atoms. The molecular formula is C65H60BN3OS. The van der Waals surface area contributed by atoms with Crippen LogP contribution in [0.3, 0.4) is 0 Å². The molecular weight excluding hydrogens is 882 g/mol. The lowest BCUT2D eigenvalue weighted by molar-refractivity contribution is 0.195. The molecule has 0 saturated heterocycles. The second-order valence-electron chi connectivity index (χ2n) is 23.7. The maximum atomic E-state index is 6.92. The Hall–Kier alpha value is -6.76. The van der Waals surface area contributed by atoms with Gasteiger partial charge >= 0.3 is 0 Å². The van der Waals surface area contributed by atoms with E-state index in [2.05, 4.69) is 229 Å². The topological polar surface area (TPSA) is 22.9 Å². The summed E-state index contributed by atoms with van der Waals surface area (Å²) in [5.74, 6) is 0. The fourth-order valence-electron chi connectivity index (χ4n) is 13.7. The van der Waals surface area contributed by atoms with Gasteiger partial charge in [-0.1, -0.05) is 152 Å². The van der Waals surface area contributed by atoms with Crippen molar-refractivity contribution in [1.29, 1.82) is 0 Å². The second-order valence-corrected chi connectivity index (χ2v) is 24.8. The summed E-state index contributed by atoms with van der Waals surface area (Å²) in [5, 5.41) is 4.88. The predicted octanol–water partition coefficient (Wildman–Crippen LogP) is 16.7. The number of fused-ring (bicyclic) bond motifs is 13. The Morgan fingerprint density at radius 1 is 0.535 bits per heavy atom. The number of aryl methyl sites for hydroxylation is 1. The Balaban J connectivity index is 1.07. The van der Waals surface area contributed by atoms with Gasteiger partial charge in [0.1, 0.15) is 5.58 Å². The molecule has 4 nitrogen and oxygen atoms in total. The third-order valence-corrected chi connectivity index (χ3v) is 18.8. The van der Waals surface area contributed by atoms with Crippen LogP contribution in [-0.2, 0) is 16.2 Å². The number of thiophene rings is 1. The van der Waals surface area contributed by atoms with Crippen molar-refractivity contribution in [1.82, 2.24) is 0 Å². The predicted molar refractivity (Wildman–Crippen MR) is 306 cm³/mol. The van der Waals surface area contributed by atoms with Crippen LogP contribution in [0, 0.1) is 6.92 Å². The fraction of sp³-hybridized carbons (Fsp3) is 0.262. The number of furan rings is 1. The highest BCUT2D eigenvalue weighted by atomic mass is 32.1. The molecule has 0 spiro atoms. The molecule has 0 bridgehead atoms. The first-order valence-electron chi connectivity index (χ1n) is 25.9. The molecule has 0 amide bonds. The highest BCUT2D eigenvalue weighted by Crippen LogP contribution is 2.62. The summed E-state index contributed by atoms with van der Waals surface area (Å²) in [5.41, 5.74) is 21.0. The highest BCUT2D eigenvalue weighted by molar-refractivity contribution is 7.26. The van der Waals surface area contributed by atoms with E-state index in [1.165, 1.54) is 118 Å². The monoisotopic (exact) mass is 941 g/mol. The van der Waals surface area contributed by atoms with E-state index in [1.807, 2.05) is 11.3 Å². The Labute approximate surface area is 422 Å². The summed E-state index contributed by atoms with van der Waals surface area (Å²) in [6.45, 7) is 21.5. The van der Waals surface area contributed by atoms with Crippen molar-refractivity contribution in [2.24, 2.45) is 0 Å². The van der Waals surface area contributed by atoms with Crippen LogP contribution < -0.4 is 31.1 Å². The first-order valence-corrected chi connectivity index (χ1v) is 26.7. The molecule has 350 valence electrons. The quantitative estimate of drug-likeness (QED) is 0.165. The van der Waals surface area contributed by atoms with E-state index in [4.69, 9.17) is 4.42 Å². The normalized spacial score (nSPS) is 19.4. The molecule has 1 fully saturated rings. The zero-order valence-corrected chi connectivity index (χ0v) is 43.3. The summed E-state index contributed by atoms with van der Waals surface area (Å²) in [4.78, 5) is 7.99. The van der Waals surface area contributed by atoms with Crippen LogP contribution in [0.2, 0.25) is 0 Å². The molecule has 4 aliphatic rings. The largest absolute Gasteiger partial charge is 0.454 e. The Morgan fingerprint density at radius 3 is 1.93 bits per heavy atom. The van der Waals surface area contributed by atoms with Gasteiger partial charge in [0.2, 0.25) is 0 Å². The fourth-order valence-corrected chi connectivity index (χ4v) is 14.9. The van der Waals surface area contributed by atoms with Crippen LogP contribution in [0.15, 0.2) is 156 Å². The van der Waals surface area contributed by atoms with E-state index in [1.54, 1.807) is 0 Å². The number of nitrogens with zero attached hydrogens (tertiary/aromatic N) is 3. The molecule has 3 aliphatic heterocycles. The summed E-state index contributed by atoms with van der Waals surface area (Å²) in [7, 11) is 0. The van der Waals surface area contributed by atoms with E-state index in [0.29, 0.717) is 0 Å². The molecule has 14 rings (SSSR count). The maximum absolute atomic E-state index is 6.92. The van der Waals surface area contributed by atoms with E-state index >= 15 is 0 Å². The molecule has 0 N–H and O–H groups in total. The average molecular weight is 942 g/mol. The SMILES string of the molecule is Cc1cc2c3c(c1)N(c1cccc4c1sc1ccccc14)c1cc(N4c5ccc(C(C)(C)C)cc5C5(C)CCCCC45C)ccc1B3c1ccc(C(C)(C)C)cc1N2c1cccc2c1oc1ccccc12. The second kappa shape index (κ2) is 14.7. The van der Waals surface area contributed by atoms with Gasteiger partial charge in [-0.3, -0.25) is 0 Å². The molecule has 8 aromatic carbocycles. The van der Waals surface area contributed by atoms with Crippen molar-refractivity contribution in [2.45, 2.75) is 110 Å². The van der Waals surface area contributed by atoms with Crippen molar-refractivity contribution in [3.63, 3.8) is 0 Å². The zero-order chi connectivity index (χ0) is 48.5. The van der Waals surface area contributed by atoms with Gasteiger partial charge in [0.15, 0.2) is 5.58 Å². The smallest absolute Gasteiger partial charge is 0.252 e. The lowest BCUT2D eigenvalue weighted by Gasteiger charge is -2.50. The molecule has 2 aromatic heterocycles. The van der Waals surface area contributed by atoms with Gasteiger partial charge < -0.3 is 19.1 Å². The third-order valence-electron chi connectivity index (χ3n) is 17.5. The number of hydrogen-bond acceptors (Lipinski definition) is 5. The molecule has 10 aromatic rings. The van der Waals surface area contributed by atoms with Gasteiger partial charge in [0.25, 0.3) is 6.71 Å². The first kappa shape index (κ1) is 43.1. The number of hydrogen-bond donors (Lipinski definition) is 0. The maximum Gasteiger partial charge on any atom is 0.252 e. The van der Waals surface area contributed by atoms with Crippen molar-refractivity contribution < 1.29 is 4.42 Å². The minimum absolute atomic E-state index is 0.0118. The van der Waals surface area contributed by atoms with E-state index in [-0.39, 0.29) is 28.5 Å². The van der Waals surface area contributed by atoms with Crippen LogP contribution in [0.25, 0.3) is 42.1 Å². The molecule has 0 radical (unpaired) electrons. The molecule has 1 saturated carbocycles. The lowest BCUT2D eigenvalue weighted by atomic mass is 9.33. The van der Waals surface area contributed by atoms with Crippen molar-refractivity contribution in [3.8, 4) is 0 Å². The van der Waals surface area contributed by atoms with Crippen molar-refractivity contribution >= 4 is 122 Å². The average Bonchev–Trinajstić information content (AvgIpc) is 3.99. The Morgan fingerprint density at radius 2 is 1.15 bits per heavy atom. The zero-order valence-electron chi connectivity index (χ0n) is 42.5. The Kier molecular flexibility index (Phi) is 8.90. The van der Waals surface area contributed by atoms with Crippen molar-refractivity contribution in [2.75, 3.05) is 14.7 Å². The van der Waals surface area contributed by atoms with Crippen LogP contribution in [-0.4, -0.2) is 12.3 Å². The summed E-state index contributed by atoms with van der Waals surface area (Å²) >= 11 is 1.92. The molecule has 5 heterocycles. The summed E-state index contributed by atoms with van der Waals surface area (Å²) in [6.07, 6.45) is 4.83. The number of para-hydroxylation sites is 2. The van der Waals surface area contributed by atoms with Crippen molar-refractivity contribution in [3.05, 3.63) is 174 Å². The lowest BCUT2D eigenvalue weighted by Crippen LogP contribution is -2.61. The van der Waals surface area contributed by atoms with E-state index < -0.39 is 0 Å². The molecule has 2 atom stereocenters. The minimum atomic E-state index is -0.0933. The summed E-state index contributed by atoms with van der Waals surface area (Å²) < 4.78 is 9.54. The number of anilines is 8. The van der Waals surface area contributed by atoms with Gasteiger partial charge in [0.05, 0.1) is 21.6 Å². The van der Waals surface area contributed by atoms with Crippen LogP contribution >= 0.6 is 11.3 Å². The van der Waals surface area contributed by atoms with Gasteiger partial charge in [-0.2, -0.15) is 0 Å². The third kappa shape index (κ3) is 5.92. The molecule has 6 heteroatoms. The highest BCUT2D eigenvalue weighted by Gasteiger charge is 2.58.